The van der Waals surface area contributed by atoms with Gasteiger partial charge >= 0.3 is 6.85 Å². The quantitative estimate of drug-likeness (QED) is 0.161. The molecule has 13 aromatic rings. The lowest BCUT2D eigenvalue weighted by Crippen LogP contribution is -2.56. The van der Waals surface area contributed by atoms with E-state index in [0.717, 1.165) is 89.2 Å². The summed E-state index contributed by atoms with van der Waals surface area (Å²) >= 11 is 1.87. The minimum absolute atomic E-state index is 0.0965. The van der Waals surface area contributed by atoms with E-state index in [2.05, 4.69) is 223 Å². The molecule has 10 aromatic carbocycles. The Hall–Kier alpha value is -8.98. The van der Waals surface area contributed by atoms with Crippen molar-refractivity contribution >= 4 is 116 Å². The number of fused-ring (bicyclic) bond motifs is 15. The van der Waals surface area contributed by atoms with E-state index >= 15 is 0 Å². The molecule has 0 bridgehead atoms. The standard InChI is InChI=1S/C66H44BN3O3S/c1-66(2,3)40-31-32-51(46(33-40)39-19-7-4-8-20-39)69-52-38-57-56(71-54-28-16-17-29-55(54)72-57)37-50(52)67-61-47(36-59-60(64(61)69)45-26-14-18-30-58(45)74-59)48-34-43(68(41-21-9-5-10-22-41)42-23-11-6-12-24-42)35-49-62(48)70(67)63-44-25-13-15-27-53(44)73-65(49)63/h4-38H,1-3H3. The molecule has 0 saturated heterocycles. The Bertz CT molecular complexity index is 4460. The van der Waals surface area contributed by atoms with Crippen LogP contribution in [0.4, 0.5) is 34.1 Å². The van der Waals surface area contributed by atoms with Crippen molar-refractivity contribution in [2.75, 3.05) is 9.80 Å². The van der Waals surface area contributed by atoms with Crippen LogP contribution in [-0.4, -0.2) is 11.3 Å². The first kappa shape index (κ1) is 41.6. The predicted octanol–water partition coefficient (Wildman–Crippen LogP) is 17.7. The van der Waals surface area contributed by atoms with Crippen LogP contribution >= 0.6 is 11.3 Å². The monoisotopic (exact) mass is 969 g/mol. The van der Waals surface area contributed by atoms with E-state index in [-0.39, 0.29) is 12.3 Å². The largest absolute Gasteiger partial charge is 0.454 e. The fourth-order valence-corrected chi connectivity index (χ4v) is 13.4. The summed E-state index contributed by atoms with van der Waals surface area (Å²) in [5, 5.41) is 4.59. The second kappa shape index (κ2) is 15.3. The number of ether oxygens (including phenoxy) is 2. The van der Waals surface area contributed by atoms with E-state index in [1.165, 1.54) is 36.8 Å². The molecule has 0 atom stereocenters. The van der Waals surface area contributed by atoms with Gasteiger partial charge < -0.3 is 28.2 Å². The maximum absolute atomic E-state index is 7.16. The predicted molar refractivity (Wildman–Crippen MR) is 308 cm³/mol. The number of thiophene rings is 1. The van der Waals surface area contributed by atoms with E-state index in [0.29, 0.717) is 23.0 Å². The van der Waals surface area contributed by atoms with E-state index in [1.807, 2.05) is 35.6 Å². The SMILES string of the molecule is CC(C)(C)c1ccc(N2c3cc4c(cc3B3c5c(cc6sc7ccccc7c6c52)-c2cc(N(c5ccccc5)c5ccccc5)cc5c6oc7ccccc7c6n3c25)Oc2ccccc2O4)c(-c2ccccc2)c1. The Balaban J connectivity index is 1.10. The Morgan fingerprint density at radius 2 is 1.14 bits per heavy atom. The molecule has 3 aliphatic rings. The molecule has 8 heteroatoms. The summed E-state index contributed by atoms with van der Waals surface area (Å²) in [6.45, 7) is 6.59. The molecule has 350 valence electrons. The average Bonchev–Trinajstić information content (AvgIpc) is 4.11. The van der Waals surface area contributed by atoms with E-state index in [9.17, 15) is 0 Å². The van der Waals surface area contributed by atoms with Crippen molar-refractivity contribution in [1.82, 2.24) is 4.48 Å². The fraction of sp³-hybridized carbons (Fsp3) is 0.0606. The third kappa shape index (κ3) is 5.88. The van der Waals surface area contributed by atoms with Crippen molar-refractivity contribution in [2.45, 2.75) is 26.2 Å². The zero-order valence-electron chi connectivity index (χ0n) is 40.8. The Morgan fingerprint density at radius 1 is 0.486 bits per heavy atom. The highest BCUT2D eigenvalue weighted by Crippen LogP contribution is 2.56. The summed E-state index contributed by atoms with van der Waals surface area (Å²) < 4.78 is 26.0. The second-order valence-electron chi connectivity index (χ2n) is 20.8. The van der Waals surface area contributed by atoms with Crippen molar-refractivity contribution in [3.8, 4) is 45.3 Å². The van der Waals surface area contributed by atoms with E-state index in [1.54, 1.807) is 0 Å². The highest BCUT2D eigenvalue weighted by molar-refractivity contribution is 7.26. The van der Waals surface area contributed by atoms with Crippen molar-refractivity contribution in [1.29, 1.82) is 0 Å². The molecule has 0 radical (unpaired) electrons. The smallest absolute Gasteiger partial charge is 0.333 e. The minimum atomic E-state index is -0.312. The second-order valence-corrected chi connectivity index (χ2v) is 21.9. The lowest BCUT2D eigenvalue weighted by Gasteiger charge is -2.42. The number of para-hydroxylation sites is 5. The number of hydrogen-bond acceptors (Lipinski definition) is 6. The molecule has 6 nitrogen and oxygen atoms in total. The van der Waals surface area contributed by atoms with E-state index < -0.39 is 0 Å². The molecule has 0 unspecified atom stereocenters. The van der Waals surface area contributed by atoms with Crippen LogP contribution in [0.2, 0.25) is 0 Å². The maximum Gasteiger partial charge on any atom is 0.333 e. The van der Waals surface area contributed by atoms with Crippen molar-refractivity contribution in [2.24, 2.45) is 0 Å². The van der Waals surface area contributed by atoms with Gasteiger partial charge in [0, 0.05) is 76.4 Å². The van der Waals surface area contributed by atoms with Gasteiger partial charge in [-0.3, -0.25) is 0 Å². The summed E-state index contributed by atoms with van der Waals surface area (Å²) in [7, 11) is 0. The van der Waals surface area contributed by atoms with Crippen molar-refractivity contribution in [3.05, 3.63) is 218 Å². The summed E-state index contributed by atoms with van der Waals surface area (Å²) in [5.41, 5.74) is 18.5. The molecule has 3 aliphatic heterocycles. The molecule has 0 fully saturated rings. The first-order valence-electron chi connectivity index (χ1n) is 25.3. The zero-order valence-corrected chi connectivity index (χ0v) is 41.6. The van der Waals surface area contributed by atoms with Gasteiger partial charge in [-0.2, -0.15) is 0 Å². The Kier molecular flexibility index (Phi) is 8.59. The maximum atomic E-state index is 7.16. The molecular formula is C66H44BN3O3S. The van der Waals surface area contributed by atoms with Crippen molar-refractivity contribution in [3.63, 3.8) is 0 Å². The number of aromatic nitrogens is 1. The molecular weight excluding hydrogens is 926 g/mol. The van der Waals surface area contributed by atoms with Gasteiger partial charge in [-0.15, -0.1) is 11.3 Å². The van der Waals surface area contributed by atoms with Crippen LogP contribution in [-0.2, 0) is 5.41 Å². The van der Waals surface area contributed by atoms with Crippen LogP contribution in [0.15, 0.2) is 217 Å². The molecule has 74 heavy (non-hydrogen) atoms. The number of furan rings is 1. The Labute approximate surface area is 431 Å². The molecule has 0 spiro atoms. The number of benzene rings is 10. The summed E-state index contributed by atoms with van der Waals surface area (Å²) in [5.74, 6) is 2.74. The van der Waals surface area contributed by atoms with Crippen LogP contribution in [0, 0.1) is 0 Å². The highest BCUT2D eigenvalue weighted by atomic mass is 32.1. The van der Waals surface area contributed by atoms with Gasteiger partial charge in [0.15, 0.2) is 28.6 Å². The van der Waals surface area contributed by atoms with Crippen LogP contribution < -0.4 is 30.2 Å². The van der Waals surface area contributed by atoms with Gasteiger partial charge in [-0.05, 0) is 124 Å². The van der Waals surface area contributed by atoms with Gasteiger partial charge in [0.05, 0.1) is 16.9 Å². The van der Waals surface area contributed by atoms with Crippen LogP contribution in [0.1, 0.15) is 26.3 Å². The van der Waals surface area contributed by atoms with Gasteiger partial charge in [0.25, 0.3) is 0 Å². The van der Waals surface area contributed by atoms with Crippen LogP contribution in [0.3, 0.4) is 0 Å². The summed E-state index contributed by atoms with van der Waals surface area (Å²) in [4.78, 5) is 4.95. The number of nitrogens with zero attached hydrogens (tertiary/aromatic N) is 3. The topological polar surface area (TPSA) is 43.0 Å². The van der Waals surface area contributed by atoms with Crippen molar-refractivity contribution < 1.29 is 13.9 Å². The summed E-state index contributed by atoms with van der Waals surface area (Å²) in [6, 6.07) is 76.6. The molecule has 0 aliphatic carbocycles. The molecule has 6 heterocycles. The fourth-order valence-electron chi connectivity index (χ4n) is 12.3. The first-order valence-corrected chi connectivity index (χ1v) is 26.2. The molecule has 0 N–H and O–H groups in total. The number of hydrogen-bond donors (Lipinski definition) is 0. The molecule has 0 amide bonds. The third-order valence-corrected chi connectivity index (χ3v) is 16.6. The van der Waals surface area contributed by atoms with E-state index in [4.69, 9.17) is 13.9 Å². The van der Waals surface area contributed by atoms with Gasteiger partial charge in [-0.25, -0.2) is 0 Å². The summed E-state index contributed by atoms with van der Waals surface area (Å²) in [6.07, 6.45) is 0. The van der Waals surface area contributed by atoms with Crippen LogP contribution in [0.5, 0.6) is 23.0 Å². The van der Waals surface area contributed by atoms with Gasteiger partial charge in [0.1, 0.15) is 5.58 Å². The number of rotatable bonds is 5. The first-order chi connectivity index (χ1) is 36.3. The minimum Gasteiger partial charge on any atom is -0.454 e. The van der Waals surface area contributed by atoms with Gasteiger partial charge in [-0.1, -0.05) is 136 Å². The zero-order chi connectivity index (χ0) is 49.0. The Morgan fingerprint density at radius 3 is 1.86 bits per heavy atom. The lowest BCUT2D eigenvalue weighted by atomic mass is 9.44. The van der Waals surface area contributed by atoms with Gasteiger partial charge in [0.2, 0.25) is 0 Å². The molecule has 3 aromatic heterocycles. The normalized spacial score (nSPS) is 13.2. The number of anilines is 6. The highest BCUT2D eigenvalue weighted by Gasteiger charge is 2.47. The average molecular weight is 970 g/mol. The lowest BCUT2D eigenvalue weighted by molar-refractivity contribution is 0.360. The third-order valence-electron chi connectivity index (χ3n) is 15.5. The van der Waals surface area contributed by atoms with Crippen LogP contribution in [0.25, 0.3) is 75.4 Å². The molecule has 16 rings (SSSR count). The molecule has 0 saturated carbocycles.